The Labute approximate surface area is 110 Å². The first-order valence-electron chi connectivity index (χ1n) is 5.44. The molecule has 0 spiro atoms. The summed E-state index contributed by atoms with van der Waals surface area (Å²) in [5.74, 6) is 0. The number of benzene rings is 1. The molecule has 3 N–H and O–H groups in total. The Hall–Kier alpha value is -0.620. The zero-order valence-electron chi connectivity index (χ0n) is 10.2. The topological polar surface area (TPSA) is 58.7 Å². The number of rotatable bonds is 6. The first-order valence-corrected chi connectivity index (χ1v) is 6.24. The van der Waals surface area contributed by atoms with Gasteiger partial charge in [-0.05, 0) is 47.2 Å². The summed E-state index contributed by atoms with van der Waals surface area (Å²) in [6.07, 6.45) is 0. The van der Waals surface area contributed by atoms with Gasteiger partial charge in [0.25, 0.3) is 0 Å². The maximum Gasteiger partial charge on any atom is 0.0718 e. The van der Waals surface area contributed by atoms with Crippen LogP contribution in [-0.4, -0.2) is 37.3 Å². The lowest BCUT2D eigenvalue weighted by Crippen LogP contribution is -2.13. The van der Waals surface area contributed by atoms with Gasteiger partial charge in [0.2, 0.25) is 0 Å². The second-order valence-corrected chi connectivity index (χ2v) is 5.02. The number of nitrogen functional groups attached to an aromatic ring is 1. The molecule has 1 rings (SSSR count). The van der Waals surface area contributed by atoms with Crippen LogP contribution in [0, 0.1) is 0 Å². The van der Waals surface area contributed by atoms with E-state index in [0.717, 1.165) is 27.8 Å². The molecule has 1 aromatic rings. The van der Waals surface area contributed by atoms with Crippen molar-refractivity contribution in [3.8, 4) is 0 Å². The number of ether oxygens (including phenoxy) is 1. The van der Waals surface area contributed by atoms with Crippen LogP contribution < -0.4 is 5.73 Å². The van der Waals surface area contributed by atoms with Crippen LogP contribution in [0.4, 0.5) is 5.69 Å². The van der Waals surface area contributed by atoms with Gasteiger partial charge in [0.05, 0.1) is 25.5 Å². The highest BCUT2D eigenvalue weighted by atomic mass is 79.9. The Bertz CT molecular complexity index is 370. The zero-order valence-corrected chi connectivity index (χ0v) is 11.8. The van der Waals surface area contributed by atoms with Gasteiger partial charge in [0.15, 0.2) is 0 Å². The molecule has 0 unspecified atom stereocenters. The molecule has 0 aliphatic heterocycles. The van der Waals surface area contributed by atoms with Crippen molar-refractivity contribution in [3.63, 3.8) is 0 Å². The maximum atomic E-state index is 8.66. The van der Waals surface area contributed by atoms with Crippen molar-refractivity contribution >= 4 is 21.6 Å². The van der Waals surface area contributed by atoms with Gasteiger partial charge >= 0.3 is 0 Å². The van der Waals surface area contributed by atoms with E-state index in [-0.39, 0.29) is 6.61 Å². The first-order chi connectivity index (χ1) is 8.04. The zero-order chi connectivity index (χ0) is 12.8. The van der Waals surface area contributed by atoms with Gasteiger partial charge in [-0.15, -0.1) is 0 Å². The molecule has 0 heterocycles. The van der Waals surface area contributed by atoms with Crippen molar-refractivity contribution < 1.29 is 9.84 Å². The number of nitrogens with two attached hydrogens (primary N) is 1. The number of nitrogens with zero attached hydrogens (tertiary/aromatic N) is 1. The molecule has 0 aliphatic carbocycles. The highest BCUT2D eigenvalue weighted by Gasteiger charge is 2.07. The lowest BCUT2D eigenvalue weighted by atomic mass is 10.1. The Kier molecular flexibility index (Phi) is 5.91. The lowest BCUT2D eigenvalue weighted by Gasteiger charge is -2.15. The van der Waals surface area contributed by atoms with Crippen LogP contribution in [0.15, 0.2) is 16.6 Å². The molecule has 0 saturated heterocycles. The van der Waals surface area contributed by atoms with Crippen LogP contribution in [0.5, 0.6) is 0 Å². The van der Waals surface area contributed by atoms with E-state index >= 15 is 0 Å². The van der Waals surface area contributed by atoms with Crippen molar-refractivity contribution in [2.45, 2.75) is 13.2 Å². The van der Waals surface area contributed by atoms with Crippen LogP contribution >= 0.6 is 15.9 Å². The van der Waals surface area contributed by atoms with Crippen LogP contribution in [0.25, 0.3) is 0 Å². The molecular formula is C12H19BrN2O2. The molecule has 5 heteroatoms. The van der Waals surface area contributed by atoms with Gasteiger partial charge in [-0.3, -0.25) is 0 Å². The van der Waals surface area contributed by atoms with E-state index < -0.39 is 0 Å². The highest BCUT2D eigenvalue weighted by molar-refractivity contribution is 9.10. The molecule has 4 nitrogen and oxygen atoms in total. The Balaban J connectivity index is 2.82. The first kappa shape index (κ1) is 14.4. The molecule has 0 bridgehead atoms. The molecule has 0 radical (unpaired) electrons. The summed E-state index contributed by atoms with van der Waals surface area (Å²) in [5.41, 5.74) is 8.90. The third-order valence-electron chi connectivity index (χ3n) is 2.27. The quantitative estimate of drug-likeness (QED) is 0.619. The number of aliphatic hydroxyl groups is 1. The number of hydrogen-bond acceptors (Lipinski definition) is 4. The maximum absolute atomic E-state index is 8.66. The Morgan fingerprint density at radius 2 is 2.12 bits per heavy atom. The second-order valence-electron chi connectivity index (χ2n) is 4.16. The average Bonchev–Trinajstić information content (AvgIpc) is 2.25. The van der Waals surface area contributed by atoms with E-state index in [2.05, 4.69) is 20.8 Å². The summed E-state index contributed by atoms with van der Waals surface area (Å²) >= 11 is 3.45. The molecule has 0 aliphatic rings. The van der Waals surface area contributed by atoms with Crippen molar-refractivity contribution in [1.29, 1.82) is 0 Å². The van der Waals surface area contributed by atoms with Crippen LogP contribution in [0.3, 0.4) is 0 Å². The predicted octanol–water partition coefficient (Wildman–Crippen LogP) is 1.60. The molecule has 0 atom stereocenters. The van der Waals surface area contributed by atoms with Crippen LogP contribution in [0.1, 0.15) is 11.1 Å². The van der Waals surface area contributed by atoms with E-state index in [4.69, 9.17) is 15.6 Å². The summed E-state index contributed by atoms with van der Waals surface area (Å²) in [6, 6.07) is 3.99. The third-order valence-corrected chi connectivity index (χ3v) is 2.92. The molecule has 0 aromatic heterocycles. The van der Waals surface area contributed by atoms with Gasteiger partial charge in [0, 0.05) is 11.0 Å². The summed E-state index contributed by atoms with van der Waals surface area (Å²) < 4.78 is 6.19. The van der Waals surface area contributed by atoms with E-state index in [0.29, 0.717) is 13.2 Å². The van der Waals surface area contributed by atoms with Gasteiger partial charge in [-0.1, -0.05) is 6.07 Å². The third kappa shape index (κ3) is 4.63. The molecule has 0 amide bonds. The van der Waals surface area contributed by atoms with Gasteiger partial charge < -0.3 is 20.5 Å². The minimum absolute atomic E-state index is 0.0424. The van der Waals surface area contributed by atoms with Crippen LogP contribution in [-0.2, 0) is 17.9 Å². The smallest absolute Gasteiger partial charge is 0.0718 e. The average molecular weight is 303 g/mol. The lowest BCUT2D eigenvalue weighted by molar-refractivity contribution is 0.0815. The summed E-state index contributed by atoms with van der Waals surface area (Å²) in [7, 11) is 4.00. The van der Waals surface area contributed by atoms with Gasteiger partial charge in [-0.2, -0.15) is 0 Å². The van der Waals surface area contributed by atoms with Crippen molar-refractivity contribution in [2.75, 3.05) is 33.0 Å². The minimum atomic E-state index is 0.0424. The highest BCUT2D eigenvalue weighted by Crippen LogP contribution is 2.26. The molecule has 17 heavy (non-hydrogen) atoms. The second kappa shape index (κ2) is 6.96. The summed E-state index contributed by atoms with van der Waals surface area (Å²) in [5, 5.41) is 8.66. The number of hydrogen-bond donors (Lipinski definition) is 2. The van der Waals surface area contributed by atoms with Crippen molar-refractivity contribution in [3.05, 3.63) is 27.7 Å². The monoisotopic (exact) mass is 302 g/mol. The standard InChI is InChI=1S/C12H19BrN2O2/c1-15(2)7-10-5-9(8-17-4-3-16)6-11(13)12(10)14/h5-6,16H,3-4,7-8,14H2,1-2H3. The van der Waals surface area contributed by atoms with E-state index in [1.165, 1.54) is 0 Å². The van der Waals surface area contributed by atoms with E-state index in [1.807, 2.05) is 26.2 Å². The molecular weight excluding hydrogens is 284 g/mol. The fraction of sp³-hybridized carbons (Fsp3) is 0.500. The molecule has 0 fully saturated rings. The predicted molar refractivity (Wildman–Crippen MR) is 72.7 cm³/mol. The fourth-order valence-corrected chi connectivity index (χ4v) is 2.10. The Morgan fingerprint density at radius 1 is 1.41 bits per heavy atom. The largest absolute Gasteiger partial charge is 0.398 e. The normalized spacial score (nSPS) is 11.1. The van der Waals surface area contributed by atoms with Crippen LogP contribution in [0.2, 0.25) is 0 Å². The molecule has 1 aromatic carbocycles. The van der Waals surface area contributed by atoms with Crippen molar-refractivity contribution in [2.24, 2.45) is 0 Å². The van der Waals surface area contributed by atoms with Gasteiger partial charge in [-0.25, -0.2) is 0 Å². The SMILES string of the molecule is CN(C)Cc1cc(COCCO)cc(Br)c1N. The Morgan fingerprint density at radius 3 is 2.71 bits per heavy atom. The van der Waals surface area contributed by atoms with E-state index in [9.17, 15) is 0 Å². The number of anilines is 1. The van der Waals surface area contributed by atoms with E-state index in [1.54, 1.807) is 0 Å². The number of aliphatic hydroxyl groups excluding tert-OH is 1. The fourth-order valence-electron chi connectivity index (χ4n) is 1.55. The number of halogens is 1. The minimum Gasteiger partial charge on any atom is -0.398 e. The van der Waals surface area contributed by atoms with Crippen molar-refractivity contribution in [1.82, 2.24) is 4.90 Å². The summed E-state index contributed by atoms with van der Waals surface area (Å²) in [6.45, 7) is 1.67. The summed E-state index contributed by atoms with van der Waals surface area (Å²) in [4.78, 5) is 2.07. The molecule has 96 valence electrons. The van der Waals surface area contributed by atoms with Gasteiger partial charge in [0.1, 0.15) is 0 Å². The molecule has 0 saturated carbocycles.